The van der Waals surface area contributed by atoms with Crippen LogP contribution < -0.4 is 10.1 Å². The molecule has 0 aromatic heterocycles. The number of carbonyl (C=O) groups is 1. The lowest BCUT2D eigenvalue weighted by Crippen LogP contribution is -2.49. The fourth-order valence-electron chi connectivity index (χ4n) is 3.67. The van der Waals surface area contributed by atoms with Gasteiger partial charge >= 0.3 is 0 Å². The molecule has 1 aromatic carbocycles. The zero-order chi connectivity index (χ0) is 18.4. The van der Waals surface area contributed by atoms with Crippen molar-refractivity contribution in [2.45, 2.75) is 32.4 Å². The second kappa shape index (κ2) is 9.35. The number of ether oxygens (including phenoxy) is 2. The van der Waals surface area contributed by atoms with Crippen LogP contribution >= 0.6 is 0 Å². The molecule has 2 aliphatic rings. The number of nitrogens with zero attached hydrogens (tertiary/aromatic N) is 2. The van der Waals surface area contributed by atoms with Crippen molar-refractivity contribution in [1.29, 1.82) is 0 Å². The van der Waals surface area contributed by atoms with Crippen molar-refractivity contribution in [3.63, 3.8) is 0 Å². The molecule has 144 valence electrons. The van der Waals surface area contributed by atoms with Crippen LogP contribution in [0.3, 0.4) is 0 Å². The minimum atomic E-state index is 0.106. The van der Waals surface area contributed by atoms with E-state index in [-0.39, 0.29) is 12.0 Å². The molecule has 2 fully saturated rings. The Kier molecular flexibility index (Phi) is 6.88. The number of methoxy groups -OCH3 is 1. The number of hydrogen-bond acceptors (Lipinski definition) is 5. The van der Waals surface area contributed by atoms with Crippen LogP contribution in [-0.4, -0.2) is 74.8 Å². The van der Waals surface area contributed by atoms with Crippen LogP contribution in [0, 0.1) is 6.92 Å². The van der Waals surface area contributed by atoms with Crippen molar-refractivity contribution in [3.05, 3.63) is 29.3 Å². The van der Waals surface area contributed by atoms with Crippen LogP contribution in [-0.2, 0) is 16.1 Å². The number of carbonyl (C=O) groups excluding carboxylic acids is 1. The van der Waals surface area contributed by atoms with E-state index in [2.05, 4.69) is 34.2 Å². The quantitative estimate of drug-likeness (QED) is 0.796. The Morgan fingerprint density at radius 2 is 2.04 bits per heavy atom. The van der Waals surface area contributed by atoms with Crippen molar-refractivity contribution >= 4 is 5.91 Å². The topological polar surface area (TPSA) is 54.0 Å². The van der Waals surface area contributed by atoms with Gasteiger partial charge in [-0.3, -0.25) is 14.6 Å². The van der Waals surface area contributed by atoms with Gasteiger partial charge in [-0.05, 0) is 25.8 Å². The monoisotopic (exact) mass is 361 g/mol. The zero-order valence-electron chi connectivity index (χ0n) is 16.0. The van der Waals surface area contributed by atoms with Crippen molar-refractivity contribution in [3.8, 4) is 5.75 Å². The van der Waals surface area contributed by atoms with Gasteiger partial charge in [-0.1, -0.05) is 17.7 Å². The van der Waals surface area contributed by atoms with Crippen LogP contribution in [0.1, 0.15) is 24.0 Å². The van der Waals surface area contributed by atoms with E-state index in [9.17, 15) is 4.79 Å². The molecule has 1 atom stereocenters. The van der Waals surface area contributed by atoms with Gasteiger partial charge in [0.05, 0.1) is 19.8 Å². The normalized spacial score (nSPS) is 21.7. The summed E-state index contributed by atoms with van der Waals surface area (Å²) in [5, 5.41) is 3.01. The predicted octanol–water partition coefficient (Wildman–Crippen LogP) is 1.42. The van der Waals surface area contributed by atoms with Gasteiger partial charge in [0.15, 0.2) is 0 Å². The Hall–Kier alpha value is -1.63. The molecule has 1 N–H and O–H groups in total. The van der Waals surface area contributed by atoms with E-state index in [1.807, 2.05) is 6.07 Å². The maximum Gasteiger partial charge on any atom is 0.234 e. The summed E-state index contributed by atoms with van der Waals surface area (Å²) >= 11 is 0. The van der Waals surface area contributed by atoms with Crippen LogP contribution in [0.5, 0.6) is 5.75 Å². The van der Waals surface area contributed by atoms with Gasteiger partial charge in [0.1, 0.15) is 5.75 Å². The molecule has 1 amide bonds. The van der Waals surface area contributed by atoms with E-state index >= 15 is 0 Å². The van der Waals surface area contributed by atoms with Crippen molar-refractivity contribution in [2.24, 2.45) is 0 Å². The summed E-state index contributed by atoms with van der Waals surface area (Å²) in [5.41, 5.74) is 2.48. The number of aryl methyl sites for hydroxylation is 1. The maximum absolute atomic E-state index is 12.1. The van der Waals surface area contributed by atoms with E-state index in [0.717, 1.165) is 57.9 Å². The highest BCUT2D eigenvalue weighted by atomic mass is 16.5. The first-order valence-corrected chi connectivity index (χ1v) is 9.60. The van der Waals surface area contributed by atoms with E-state index in [4.69, 9.17) is 9.47 Å². The van der Waals surface area contributed by atoms with Crippen LogP contribution in [0.4, 0.5) is 0 Å². The van der Waals surface area contributed by atoms with E-state index in [0.29, 0.717) is 13.1 Å². The summed E-state index contributed by atoms with van der Waals surface area (Å²) in [6.07, 6.45) is 2.37. The van der Waals surface area contributed by atoms with E-state index in [1.54, 1.807) is 7.11 Å². The van der Waals surface area contributed by atoms with Gasteiger partial charge in [0.25, 0.3) is 0 Å². The number of rotatable bonds is 7. The molecule has 2 saturated heterocycles. The van der Waals surface area contributed by atoms with Crippen molar-refractivity contribution in [1.82, 2.24) is 15.1 Å². The molecule has 2 aliphatic heterocycles. The lowest BCUT2D eigenvalue weighted by atomic mass is 10.1. The average molecular weight is 361 g/mol. The van der Waals surface area contributed by atoms with Gasteiger partial charge in [-0.15, -0.1) is 0 Å². The Morgan fingerprint density at radius 3 is 2.73 bits per heavy atom. The summed E-state index contributed by atoms with van der Waals surface area (Å²) < 4.78 is 11.0. The number of benzene rings is 1. The second-order valence-corrected chi connectivity index (χ2v) is 7.31. The van der Waals surface area contributed by atoms with Crippen molar-refractivity contribution in [2.75, 3.05) is 53.0 Å². The van der Waals surface area contributed by atoms with Crippen LogP contribution in [0.25, 0.3) is 0 Å². The highest BCUT2D eigenvalue weighted by molar-refractivity contribution is 5.78. The number of nitrogens with one attached hydrogen (secondary N) is 1. The predicted molar refractivity (Wildman–Crippen MR) is 101 cm³/mol. The summed E-state index contributed by atoms with van der Waals surface area (Å²) in [6, 6.07) is 6.32. The largest absolute Gasteiger partial charge is 0.496 e. The lowest BCUT2D eigenvalue weighted by Gasteiger charge is -2.34. The molecule has 3 rings (SSSR count). The van der Waals surface area contributed by atoms with Crippen LogP contribution in [0.15, 0.2) is 18.2 Å². The Morgan fingerprint density at radius 1 is 1.27 bits per heavy atom. The minimum absolute atomic E-state index is 0.106. The summed E-state index contributed by atoms with van der Waals surface area (Å²) in [4.78, 5) is 16.8. The third-order valence-electron chi connectivity index (χ3n) is 5.21. The molecule has 0 spiro atoms. The fourth-order valence-corrected chi connectivity index (χ4v) is 3.67. The molecular weight excluding hydrogens is 330 g/mol. The first kappa shape index (κ1) is 19.1. The first-order valence-electron chi connectivity index (χ1n) is 9.60. The summed E-state index contributed by atoms with van der Waals surface area (Å²) in [7, 11) is 1.72. The molecule has 0 bridgehead atoms. The summed E-state index contributed by atoms with van der Waals surface area (Å²) in [5.74, 6) is 1.06. The Labute approximate surface area is 156 Å². The zero-order valence-corrected chi connectivity index (χ0v) is 16.0. The molecule has 6 nitrogen and oxygen atoms in total. The molecule has 0 aliphatic carbocycles. The van der Waals surface area contributed by atoms with Gasteiger partial charge in [0.2, 0.25) is 5.91 Å². The molecule has 6 heteroatoms. The smallest absolute Gasteiger partial charge is 0.234 e. The number of amides is 1. The molecule has 2 heterocycles. The Balaban J connectivity index is 1.40. The highest BCUT2D eigenvalue weighted by Crippen LogP contribution is 2.22. The third-order valence-corrected chi connectivity index (χ3v) is 5.21. The molecule has 0 unspecified atom stereocenters. The number of hydrogen-bond donors (Lipinski definition) is 1. The molecular formula is C20H31N3O3. The molecule has 0 saturated carbocycles. The second-order valence-electron chi connectivity index (χ2n) is 7.31. The number of piperazine rings is 1. The molecule has 1 aromatic rings. The third kappa shape index (κ3) is 5.43. The van der Waals surface area contributed by atoms with Gasteiger partial charge in [0, 0.05) is 51.4 Å². The first-order chi connectivity index (χ1) is 12.6. The maximum atomic E-state index is 12.1. The van der Waals surface area contributed by atoms with Gasteiger partial charge in [-0.2, -0.15) is 0 Å². The highest BCUT2D eigenvalue weighted by Gasteiger charge is 2.21. The van der Waals surface area contributed by atoms with Crippen LogP contribution in [0.2, 0.25) is 0 Å². The fraction of sp³-hybridized carbons (Fsp3) is 0.650. The van der Waals surface area contributed by atoms with E-state index in [1.165, 1.54) is 11.1 Å². The standard InChI is InChI=1S/C20H31N3O3/c1-16-5-6-19(25-2)17(12-16)14-22-7-9-23(10-8-22)15-20(24)21-13-18-4-3-11-26-18/h5-6,12,18H,3-4,7-11,13-15H2,1-2H3,(H,21,24)/t18-/m1/s1. The molecule has 26 heavy (non-hydrogen) atoms. The van der Waals surface area contributed by atoms with Gasteiger partial charge < -0.3 is 14.8 Å². The molecule has 0 radical (unpaired) electrons. The van der Waals surface area contributed by atoms with Crippen molar-refractivity contribution < 1.29 is 14.3 Å². The lowest BCUT2D eigenvalue weighted by molar-refractivity contribution is -0.123. The SMILES string of the molecule is COc1ccc(C)cc1CN1CCN(CC(=O)NC[C@H]2CCCO2)CC1. The van der Waals surface area contributed by atoms with Gasteiger partial charge in [-0.25, -0.2) is 0 Å². The Bertz CT molecular complexity index is 594. The van der Waals surface area contributed by atoms with E-state index < -0.39 is 0 Å². The minimum Gasteiger partial charge on any atom is -0.496 e. The summed E-state index contributed by atoms with van der Waals surface area (Å²) in [6.45, 7) is 8.73. The average Bonchev–Trinajstić information content (AvgIpc) is 3.15.